The molecule has 0 heterocycles. The lowest BCUT2D eigenvalue weighted by molar-refractivity contribution is -0.138. The summed E-state index contributed by atoms with van der Waals surface area (Å²) in [6, 6.07) is 0. The van der Waals surface area contributed by atoms with Crippen LogP contribution in [-0.2, 0) is 0 Å². The molecule has 0 amide bonds. The van der Waals surface area contributed by atoms with Crippen LogP contribution < -0.4 is 0 Å². The Bertz CT molecular complexity index is 190. The highest BCUT2D eigenvalue weighted by Gasteiger charge is 2.30. The van der Waals surface area contributed by atoms with Gasteiger partial charge in [-0.25, -0.2) is 0 Å². The molecule has 0 saturated carbocycles. The first kappa shape index (κ1) is 14.7. The van der Waals surface area contributed by atoms with E-state index in [2.05, 4.69) is 0 Å². The number of rotatable bonds is 5. The first-order valence-electron chi connectivity index (χ1n) is 4.98. The quantitative estimate of drug-likeness (QED) is 0.779. The highest BCUT2D eigenvalue weighted by Crippen LogP contribution is 2.23. The molecule has 0 aliphatic rings. The maximum absolute atomic E-state index is 11.9. The summed E-state index contributed by atoms with van der Waals surface area (Å²) in [6.07, 6.45) is -5.45. The highest BCUT2D eigenvalue weighted by molar-refractivity contribution is 4.77. The number of aliphatic hydroxyl groups is 1. The summed E-state index contributed by atoms with van der Waals surface area (Å²) < 4.78 is 35.8. The van der Waals surface area contributed by atoms with Crippen molar-refractivity contribution >= 4 is 0 Å². The highest BCUT2D eigenvalue weighted by atomic mass is 19.4. The van der Waals surface area contributed by atoms with E-state index in [0.29, 0.717) is 6.54 Å². The first-order chi connectivity index (χ1) is 6.54. The fourth-order valence-electron chi connectivity index (χ4n) is 1.22. The number of alkyl halides is 3. The van der Waals surface area contributed by atoms with Crippen LogP contribution in [0.15, 0.2) is 0 Å². The van der Waals surface area contributed by atoms with Gasteiger partial charge < -0.3 is 10.0 Å². The van der Waals surface area contributed by atoms with Crippen molar-refractivity contribution in [1.82, 2.24) is 4.90 Å². The van der Waals surface area contributed by atoms with Crippen molar-refractivity contribution in [3.05, 3.63) is 0 Å². The van der Waals surface area contributed by atoms with Crippen LogP contribution in [0.2, 0.25) is 0 Å². The molecule has 5 heteroatoms. The van der Waals surface area contributed by atoms with Crippen LogP contribution in [0.25, 0.3) is 0 Å². The number of nitrogens with zero attached hydrogens (tertiary/aromatic N) is 1. The van der Waals surface area contributed by atoms with Crippen LogP contribution >= 0.6 is 0 Å². The third kappa shape index (κ3) is 6.73. The van der Waals surface area contributed by atoms with E-state index in [0.717, 1.165) is 0 Å². The molecule has 0 aromatic rings. The van der Waals surface area contributed by atoms with E-state index >= 15 is 0 Å². The summed E-state index contributed by atoms with van der Waals surface area (Å²) in [4.78, 5) is 1.60. The molecule has 0 saturated heterocycles. The molecule has 1 atom stereocenters. The van der Waals surface area contributed by atoms with Gasteiger partial charge in [0.2, 0.25) is 0 Å². The SMILES string of the molecule is CC(O)C(C)(C)CN(C)CCC(F)(F)F. The van der Waals surface area contributed by atoms with E-state index in [1.165, 1.54) is 0 Å². The van der Waals surface area contributed by atoms with Gasteiger partial charge in [0.1, 0.15) is 0 Å². The number of aliphatic hydroxyl groups excluding tert-OH is 1. The van der Waals surface area contributed by atoms with Crippen molar-refractivity contribution in [2.45, 2.75) is 39.5 Å². The first-order valence-corrected chi connectivity index (χ1v) is 4.98. The Morgan fingerprint density at radius 2 is 1.73 bits per heavy atom. The van der Waals surface area contributed by atoms with Crippen molar-refractivity contribution in [3.63, 3.8) is 0 Å². The van der Waals surface area contributed by atoms with Crippen LogP contribution in [0.5, 0.6) is 0 Å². The van der Waals surface area contributed by atoms with Crippen LogP contribution in [0.1, 0.15) is 27.2 Å². The van der Waals surface area contributed by atoms with E-state index < -0.39 is 18.7 Å². The summed E-state index contributed by atoms with van der Waals surface area (Å²) in [5.41, 5.74) is -0.389. The summed E-state index contributed by atoms with van der Waals surface area (Å²) >= 11 is 0. The number of hydrogen-bond donors (Lipinski definition) is 1. The van der Waals surface area contributed by atoms with Gasteiger partial charge in [0.25, 0.3) is 0 Å². The summed E-state index contributed by atoms with van der Waals surface area (Å²) in [6.45, 7) is 5.74. The molecular weight excluding hydrogens is 207 g/mol. The van der Waals surface area contributed by atoms with Gasteiger partial charge >= 0.3 is 6.18 Å². The Kier molecular flexibility index (Phi) is 5.06. The zero-order valence-electron chi connectivity index (χ0n) is 9.73. The zero-order valence-corrected chi connectivity index (χ0v) is 9.73. The van der Waals surface area contributed by atoms with Gasteiger partial charge in [0.15, 0.2) is 0 Å². The summed E-state index contributed by atoms with van der Waals surface area (Å²) in [5, 5.41) is 9.41. The van der Waals surface area contributed by atoms with Gasteiger partial charge in [-0.05, 0) is 14.0 Å². The average Bonchev–Trinajstić information content (AvgIpc) is 1.98. The third-order valence-electron chi connectivity index (χ3n) is 2.59. The van der Waals surface area contributed by atoms with Crippen molar-refractivity contribution < 1.29 is 18.3 Å². The molecule has 1 N–H and O–H groups in total. The Morgan fingerprint density at radius 3 is 2.07 bits per heavy atom. The van der Waals surface area contributed by atoms with Crippen molar-refractivity contribution in [3.8, 4) is 0 Å². The van der Waals surface area contributed by atoms with Gasteiger partial charge in [-0.15, -0.1) is 0 Å². The Balaban J connectivity index is 3.99. The minimum Gasteiger partial charge on any atom is -0.393 e. The molecule has 0 aliphatic heterocycles. The maximum Gasteiger partial charge on any atom is 0.390 e. The van der Waals surface area contributed by atoms with Crippen molar-refractivity contribution in [1.29, 1.82) is 0 Å². The molecule has 2 nitrogen and oxygen atoms in total. The van der Waals surface area contributed by atoms with E-state index in [1.807, 2.05) is 13.8 Å². The fraction of sp³-hybridized carbons (Fsp3) is 1.00. The van der Waals surface area contributed by atoms with Gasteiger partial charge in [-0.1, -0.05) is 13.8 Å². The molecule has 92 valence electrons. The van der Waals surface area contributed by atoms with Gasteiger partial charge in [-0.3, -0.25) is 0 Å². The lowest BCUT2D eigenvalue weighted by Crippen LogP contribution is -2.39. The summed E-state index contributed by atoms with van der Waals surface area (Å²) in [5.74, 6) is 0. The van der Waals surface area contributed by atoms with Gasteiger partial charge in [0, 0.05) is 18.5 Å². The second-order valence-electron chi connectivity index (χ2n) is 4.77. The van der Waals surface area contributed by atoms with Gasteiger partial charge in [-0.2, -0.15) is 13.2 Å². The normalized spacial score (nSPS) is 15.8. The molecule has 1 unspecified atom stereocenters. The third-order valence-corrected chi connectivity index (χ3v) is 2.59. The topological polar surface area (TPSA) is 23.5 Å². The second kappa shape index (κ2) is 5.16. The molecule has 15 heavy (non-hydrogen) atoms. The lowest BCUT2D eigenvalue weighted by atomic mass is 9.87. The number of halogens is 3. The van der Waals surface area contributed by atoms with Crippen LogP contribution in [-0.4, -0.2) is 42.4 Å². The zero-order chi connectivity index (χ0) is 12.3. The van der Waals surface area contributed by atoms with Crippen LogP contribution in [0.3, 0.4) is 0 Å². The van der Waals surface area contributed by atoms with E-state index in [1.54, 1.807) is 18.9 Å². The van der Waals surface area contributed by atoms with E-state index in [9.17, 15) is 18.3 Å². The molecule has 0 aromatic carbocycles. The Labute approximate surface area is 89.1 Å². The predicted molar refractivity (Wildman–Crippen MR) is 53.6 cm³/mol. The molecule has 0 aromatic heterocycles. The monoisotopic (exact) mass is 227 g/mol. The second-order valence-corrected chi connectivity index (χ2v) is 4.77. The fourth-order valence-corrected chi connectivity index (χ4v) is 1.22. The molecule has 0 aliphatic carbocycles. The number of hydrogen-bond acceptors (Lipinski definition) is 2. The van der Waals surface area contributed by atoms with Crippen molar-refractivity contribution in [2.75, 3.05) is 20.1 Å². The Morgan fingerprint density at radius 1 is 1.27 bits per heavy atom. The minimum absolute atomic E-state index is 0.0281. The predicted octanol–water partition coefficient (Wildman–Crippen LogP) is 2.28. The molecule has 0 radical (unpaired) electrons. The average molecular weight is 227 g/mol. The molecule has 0 fully saturated rings. The van der Waals surface area contributed by atoms with E-state index in [-0.39, 0.29) is 12.0 Å². The smallest absolute Gasteiger partial charge is 0.390 e. The molecular formula is C10H20F3NO. The molecule has 0 bridgehead atoms. The van der Waals surface area contributed by atoms with Gasteiger partial charge in [0.05, 0.1) is 12.5 Å². The Hall–Kier alpha value is -0.290. The van der Waals surface area contributed by atoms with Crippen LogP contribution in [0, 0.1) is 5.41 Å². The minimum atomic E-state index is -4.11. The van der Waals surface area contributed by atoms with Crippen LogP contribution in [0.4, 0.5) is 13.2 Å². The molecule has 0 rings (SSSR count). The van der Waals surface area contributed by atoms with E-state index in [4.69, 9.17) is 0 Å². The largest absolute Gasteiger partial charge is 0.393 e. The summed E-state index contributed by atoms with van der Waals surface area (Å²) in [7, 11) is 1.63. The van der Waals surface area contributed by atoms with Crippen molar-refractivity contribution in [2.24, 2.45) is 5.41 Å². The lowest BCUT2D eigenvalue weighted by Gasteiger charge is -2.32. The molecule has 0 spiro atoms. The maximum atomic E-state index is 11.9. The standard InChI is InChI=1S/C10H20F3NO/c1-8(15)9(2,3)7-14(4)6-5-10(11,12)13/h8,15H,5-7H2,1-4H3.